The summed E-state index contributed by atoms with van der Waals surface area (Å²) in [5.41, 5.74) is 1.70. The number of oxazole rings is 1. The Morgan fingerprint density at radius 1 is 1.03 bits per heavy atom. The minimum absolute atomic E-state index is 0.0511. The molecule has 0 aliphatic carbocycles. The summed E-state index contributed by atoms with van der Waals surface area (Å²) < 4.78 is 5.89. The maximum absolute atomic E-state index is 11.8. The molecule has 2 N–H and O–H groups in total. The summed E-state index contributed by atoms with van der Waals surface area (Å²) in [5.74, 6) is -0.489. The highest BCUT2D eigenvalue weighted by molar-refractivity contribution is 6.39. The van der Waals surface area contributed by atoms with Crippen LogP contribution in [0.5, 0.6) is 5.75 Å². The van der Waals surface area contributed by atoms with Gasteiger partial charge in [0.15, 0.2) is 0 Å². The Kier molecular flexibility index (Phi) is 6.04. The number of aromatic nitrogens is 1. The molecule has 8 nitrogen and oxygen atoms in total. The van der Waals surface area contributed by atoms with E-state index in [0.717, 1.165) is 6.07 Å². The zero-order valence-electron chi connectivity index (χ0n) is 17.0. The van der Waals surface area contributed by atoms with Gasteiger partial charge in [0.2, 0.25) is 17.7 Å². The number of carbonyl (C=O) groups is 1. The Morgan fingerprint density at radius 3 is 2.30 bits per heavy atom. The number of aromatic hydroxyl groups is 1. The number of nitrogens with one attached hydrogen (secondary N) is 1. The van der Waals surface area contributed by atoms with Crippen LogP contribution in [-0.2, 0) is 4.79 Å². The minimum atomic E-state index is -0.594. The molecule has 10 heteroatoms. The topological polar surface area (TPSA) is 118 Å². The van der Waals surface area contributed by atoms with Crippen molar-refractivity contribution < 1.29 is 19.2 Å². The number of rotatable bonds is 5. The zero-order valence-corrected chi connectivity index (χ0v) is 18.5. The number of anilines is 1. The highest BCUT2D eigenvalue weighted by atomic mass is 35.5. The zero-order chi connectivity index (χ0) is 23.7. The first-order valence-corrected chi connectivity index (χ1v) is 10.3. The van der Waals surface area contributed by atoms with Crippen molar-refractivity contribution in [2.24, 2.45) is 0 Å². The predicted molar refractivity (Wildman–Crippen MR) is 125 cm³/mol. The van der Waals surface area contributed by atoms with Crippen molar-refractivity contribution in [1.82, 2.24) is 4.98 Å². The number of phenolic OH excluding ortho intramolecular Hbond substituents is 1. The van der Waals surface area contributed by atoms with Crippen molar-refractivity contribution in [3.63, 3.8) is 0 Å². The minimum Gasteiger partial charge on any atom is -0.507 e. The van der Waals surface area contributed by atoms with E-state index in [1.165, 1.54) is 19.1 Å². The molecule has 4 rings (SSSR count). The number of hydrogen-bond acceptors (Lipinski definition) is 6. The van der Waals surface area contributed by atoms with Gasteiger partial charge in [-0.15, -0.1) is 0 Å². The van der Waals surface area contributed by atoms with Crippen LogP contribution in [0.1, 0.15) is 6.92 Å². The van der Waals surface area contributed by atoms with Gasteiger partial charge in [0, 0.05) is 29.7 Å². The average Bonchev–Trinajstić information content (AvgIpc) is 3.16. The molecule has 33 heavy (non-hydrogen) atoms. The van der Waals surface area contributed by atoms with Crippen molar-refractivity contribution in [2.75, 3.05) is 5.32 Å². The number of halogens is 2. The second-order valence-electron chi connectivity index (χ2n) is 6.98. The third kappa shape index (κ3) is 4.39. The summed E-state index contributed by atoms with van der Waals surface area (Å²) in [6.07, 6.45) is 0. The number of nitrogens with zero attached hydrogens (tertiary/aromatic N) is 2. The summed E-state index contributed by atoms with van der Waals surface area (Å²) in [4.78, 5) is 26.8. The second-order valence-corrected chi connectivity index (χ2v) is 7.79. The quantitative estimate of drug-likeness (QED) is 0.245. The van der Waals surface area contributed by atoms with Gasteiger partial charge in [-0.2, -0.15) is 0 Å². The normalized spacial score (nSPS) is 10.8. The van der Waals surface area contributed by atoms with E-state index < -0.39 is 4.92 Å². The maximum Gasteiger partial charge on any atom is 0.273 e. The van der Waals surface area contributed by atoms with Gasteiger partial charge in [0.05, 0.1) is 21.0 Å². The van der Waals surface area contributed by atoms with Gasteiger partial charge >= 0.3 is 0 Å². The SMILES string of the molecule is CC(=O)Nc1oc(-c2ccccc2-c2ccc([N+](=O)[O-])cc2O)nc1-c1c(Cl)cccc1Cl. The molecule has 0 radical (unpaired) electrons. The molecular formula is C23H15Cl2N3O5. The summed E-state index contributed by atoms with van der Waals surface area (Å²) in [6, 6.07) is 15.6. The van der Waals surface area contributed by atoms with Crippen molar-refractivity contribution in [3.05, 3.63) is 80.8 Å². The second kappa shape index (κ2) is 8.93. The van der Waals surface area contributed by atoms with Crippen LogP contribution in [0.25, 0.3) is 33.8 Å². The monoisotopic (exact) mass is 483 g/mol. The van der Waals surface area contributed by atoms with Crippen LogP contribution in [0, 0.1) is 10.1 Å². The molecule has 1 heterocycles. The lowest BCUT2D eigenvalue weighted by molar-refractivity contribution is -0.384. The number of amides is 1. The molecule has 0 aliphatic rings. The first-order chi connectivity index (χ1) is 15.8. The van der Waals surface area contributed by atoms with Crippen LogP contribution in [0.15, 0.2) is 65.1 Å². The molecule has 0 spiro atoms. The number of benzene rings is 3. The Morgan fingerprint density at radius 2 is 1.70 bits per heavy atom. The molecule has 1 amide bonds. The van der Waals surface area contributed by atoms with Crippen LogP contribution < -0.4 is 5.32 Å². The number of non-ortho nitro benzene ring substituents is 1. The molecule has 3 aromatic carbocycles. The third-order valence-corrected chi connectivity index (χ3v) is 5.39. The Labute approximate surface area is 197 Å². The van der Waals surface area contributed by atoms with Crippen molar-refractivity contribution in [3.8, 4) is 39.6 Å². The number of carbonyl (C=O) groups excluding carboxylic acids is 1. The molecule has 4 aromatic rings. The van der Waals surface area contributed by atoms with Gasteiger partial charge < -0.3 is 9.52 Å². The number of nitro groups is 1. The molecule has 0 fully saturated rings. The smallest absolute Gasteiger partial charge is 0.273 e. The van der Waals surface area contributed by atoms with E-state index in [4.69, 9.17) is 27.6 Å². The van der Waals surface area contributed by atoms with E-state index in [2.05, 4.69) is 10.3 Å². The summed E-state index contributed by atoms with van der Waals surface area (Å²) in [7, 11) is 0. The number of phenols is 1. The van der Waals surface area contributed by atoms with Gasteiger partial charge in [0.25, 0.3) is 5.69 Å². The van der Waals surface area contributed by atoms with E-state index in [0.29, 0.717) is 32.3 Å². The lowest BCUT2D eigenvalue weighted by Gasteiger charge is -2.08. The fourth-order valence-electron chi connectivity index (χ4n) is 3.34. The summed E-state index contributed by atoms with van der Waals surface area (Å²) in [5, 5.41) is 24.7. The van der Waals surface area contributed by atoms with Gasteiger partial charge in [-0.25, -0.2) is 4.98 Å². The molecule has 0 saturated carbocycles. The van der Waals surface area contributed by atoms with Gasteiger partial charge in [-0.3, -0.25) is 20.2 Å². The highest BCUT2D eigenvalue weighted by Crippen LogP contribution is 2.43. The average molecular weight is 484 g/mol. The van der Waals surface area contributed by atoms with Crippen LogP contribution >= 0.6 is 23.2 Å². The maximum atomic E-state index is 11.8. The van der Waals surface area contributed by atoms with Crippen LogP contribution in [0.4, 0.5) is 11.6 Å². The van der Waals surface area contributed by atoms with E-state index in [1.54, 1.807) is 42.5 Å². The number of hydrogen-bond donors (Lipinski definition) is 2. The van der Waals surface area contributed by atoms with E-state index in [9.17, 15) is 20.0 Å². The van der Waals surface area contributed by atoms with Crippen LogP contribution in [0.2, 0.25) is 10.0 Å². The first kappa shape index (κ1) is 22.3. The Hall–Kier alpha value is -3.88. The summed E-state index contributed by atoms with van der Waals surface area (Å²) in [6.45, 7) is 1.32. The molecule has 1 aromatic heterocycles. The van der Waals surface area contributed by atoms with E-state index in [1.807, 2.05) is 0 Å². The lowest BCUT2D eigenvalue weighted by Crippen LogP contribution is -2.06. The van der Waals surface area contributed by atoms with Gasteiger partial charge in [0.1, 0.15) is 11.4 Å². The molecular weight excluding hydrogens is 469 g/mol. The number of nitro benzene ring substituents is 1. The third-order valence-electron chi connectivity index (χ3n) is 4.76. The summed E-state index contributed by atoms with van der Waals surface area (Å²) >= 11 is 12.7. The molecule has 166 valence electrons. The van der Waals surface area contributed by atoms with Crippen LogP contribution in [-0.4, -0.2) is 20.9 Å². The van der Waals surface area contributed by atoms with E-state index in [-0.39, 0.29) is 34.8 Å². The highest BCUT2D eigenvalue weighted by Gasteiger charge is 2.24. The molecule has 0 unspecified atom stereocenters. The van der Waals surface area contributed by atoms with Crippen molar-refractivity contribution in [1.29, 1.82) is 0 Å². The van der Waals surface area contributed by atoms with Crippen LogP contribution in [0.3, 0.4) is 0 Å². The lowest BCUT2D eigenvalue weighted by atomic mass is 9.98. The molecule has 0 aliphatic heterocycles. The predicted octanol–water partition coefficient (Wildman–Crippen LogP) is 6.55. The molecule has 0 atom stereocenters. The van der Waals surface area contributed by atoms with Gasteiger partial charge in [-0.05, 0) is 29.8 Å². The van der Waals surface area contributed by atoms with Crippen molar-refractivity contribution >= 4 is 40.7 Å². The Balaban J connectivity index is 1.91. The fraction of sp³-hybridized carbons (Fsp3) is 0.0435. The Bertz CT molecular complexity index is 1380. The van der Waals surface area contributed by atoms with Crippen molar-refractivity contribution in [2.45, 2.75) is 6.92 Å². The van der Waals surface area contributed by atoms with Gasteiger partial charge in [-0.1, -0.05) is 47.5 Å². The first-order valence-electron chi connectivity index (χ1n) is 9.56. The largest absolute Gasteiger partial charge is 0.507 e. The molecule has 0 bridgehead atoms. The standard InChI is InChI=1S/C23H15Cl2N3O5/c1-12(29)26-23-21(20-17(24)7-4-8-18(20)25)27-22(33-23)16-6-3-2-5-14(16)15-10-9-13(28(31)32)11-19(15)30/h2-11,30H,1H3,(H,26,29). The fourth-order valence-corrected chi connectivity index (χ4v) is 3.92. The molecule has 0 saturated heterocycles. The van der Waals surface area contributed by atoms with E-state index >= 15 is 0 Å².